The van der Waals surface area contributed by atoms with E-state index in [0.717, 1.165) is 24.2 Å². The standard InChI is InChI=1S/C49H62ClF2N7O10S/c1-10-28-18-49(28,43(62)65-9)57-41(60)35-16-31(20-58(35)42(61)39(24(2)3)56-45(63)68-30-14-26-13-27(26)15-30)67-37-17-33(34-22-70-44(55-34)53-25(4)5)54-40-32(37)11-12-36(38(40)50)66-21-29-19-48(51,52)23-59(29)46(64)69-47(6,7)8/h11-12,17,22,25-31,35,39H,2,10,13-16,18-21,23H2,1,3-9H3,(H,53,55)(H,56,63)(H,57,60)/t26-,27+,28-,29+,30+,31-,35+,39+,49-/m1/s1. The van der Waals surface area contributed by atoms with Gasteiger partial charge in [-0.3, -0.25) is 14.5 Å². The van der Waals surface area contributed by atoms with E-state index >= 15 is 0 Å². The number of halogens is 3. The van der Waals surface area contributed by atoms with Crippen molar-refractivity contribution in [1.82, 2.24) is 30.4 Å². The molecule has 3 aromatic rings. The molecule has 2 saturated heterocycles. The summed E-state index contributed by atoms with van der Waals surface area (Å²) in [5.74, 6) is -3.67. The van der Waals surface area contributed by atoms with Crippen LogP contribution in [-0.4, -0.2) is 130 Å². The van der Waals surface area contributed by atoms with Crippen LogP contribution in [0.2, 0.25) is 5.02 Å². The van der Waals surface area contributed by atoms with E-state index in [1.807, 2.05) is 26.2 Å². The number of pyridine rings is 1. The van der Waals surface area contributed by atoms with Crippen LogP contribution in [-0.2, 0) is 28.6 Å². The maximum atomic E-state index is 14.8. The van der Waals surface area contributed by atoms with Crippen LogP contribution in [0.3, 0.4) is 0 Å². The van der Waals surface area contributed by atoms with Crippen molar-refractivity contribution in [3.05, 3.63) is 40.8 Å². The molecular weight excluding hydrogens is 952 g/mol. The third kappa shape index (κ3) is 11.0. The molecule has 0 bridgehead atoms. The van der Waals surface area contributed by atoms with Crippen molar-refractivity contribution in [2.75, 3.05) is 32.1 Å². The number of esters is 1. The van der Waals surface area contributed by atoms with E-state index in [0.29, 0.717) is 52.2 Å². The van der Waals surface area contributed by atoms with Gasteiger partial charge in [0.05, 0.1) is 37.5 Å². The molecule has 3 aliphatic carbocycles. The summed E-state index contributed by atoms with van der Waals surface area (Å²) in [5, 5.41) is 11.8. The van der Waals surface area contributed by atoms with E-state index < -0.39 is 84.2 Å². The first kappa shape index (κ1) is 50.9. The van der Waals surface area contributed by atoms with Crippen LogP contribution < -0.4 is 25.4 Å². The first-order valence-corrected chi connectivity index (χ1v) is 25.1. The van der Waals surface area contributed by atoms with Gasteiger partial charge in [-0.2, -0.15) is 0 Å². The second-order valence-corrected chi connectivity index (χ2v) is 21.9. The highest BCUT2D eigenvalue weighted by atomic mass is 35.5. The van der Waals surface area contributed by atoms with Gasteiger partial charge in [0.15, 0.2) is 5.13 Å². The molecule has 380 valence electrons. The molecule has 5 aliphatic rings. The number of carbonyl (C=O) groups excluding carboxylic acids is 5. The molecule has 9 atom stereocenters. The van der Waals surface area contributed by atoms with E-state index in [-0.39, 0.29) is 59.7 Å². The lowest BCUT2D eigenvalue weighted by Gasteiger charge is -2.30. The van der Waals surface area contributed by atoms with Crippen molar-refractivity contribution in [1.29, 1.82) is 0 Å². The Morgan fingerprint density at radius 3 is 2.37 bits per heavy atom. The van der Waals surface area contributed by atoms with Crippen molar-refractivity contribution in [2.45, 2.75) is 147 Å². The topological polar surface area (TPSA) is 200 Å². The zero-order chi connectivity index (χ0) is 50.6. The van der Waals surface area contributed by atoms with Crippen LogP contribution in [0.5, 0.6) is 11.5 Å². The molecule has 4 heterocycles. The van der Waals surface area contributed by atoms with Crippen LogP contribution in [0, 0.1) is 17.8 Å². The number of amides is 4. The number of anilines is 1. The molecule has 2 aromatic heterocycles. The van der Waals surface area contributed by atoms with Gasteiger partial charge in [-0.25, -0.2) is 33.1 Å². The first-order valence-electron chi connectivity index (χ1n) is 23.8. The second-order valence-electron chi connectivity index (χ2n) is 20.7. The number of methoxy groups -OCH3 is 1. The number of carbonyl (C=O) groups is 5. The van der Waals surface area contributed by atoms with Crippen molar-refractivity contribution in [2.24, 2.45) is 17.8 Å². The number of thiazole rings is 1. The molecule has 2 aliphatic heterocycles. The van der Waals surface area contributed by atoms with Crippen molar-refractivity contribution in [3.63, 3.8) is 0 Å². The molecule has 0 spiro atoms. The third-order valence-corrected chi connectivity index (χ3v) is 14.7. The largest absolute Gasteiger partial charge is 0.490 e. The Morgan fingerprint density at radius 1 is 1.00 bits per heavy atom. The predicted octanol–water partition coefficient (Wildman–Crippen LogP) is 8.13. The lowest BCUT2D eigenvalue weighted by atomic mass is 10.1. The lowest BCUT2D eigenvalue weighted by molar-refractivity contribution is -0.148. The molecule has 5 fully saturated rings. The smallest absolute Gasteiger partial charge is 0.410 e. The average Bonchev–Trinajstić information content (AvgIpc) is 3.83. The molecule has 1 aromatic carbocycles. The molecule has 0 radical (unpaired) electrons. The van der Waals surface area contributed by atoms with Gasteiger partial charge in [0.1, 0.15) is 64.3 Å². The van der Waals surface area contributed by atoms with Gasteiger partial charge < -0.3 is 44.5 Å². The van der Waals surface area contributed by atoms with E-state index in [1.54, 1.807) is 45.9 Å². The van der Waals surface area contributed by atoms with Gasteiger partial charge in [0, 0.05) is 35.7 Å². The van der Waals surface area contributed by atoms with Crippen molar-refractivity contribution >= 4 is 68.9 Å². The molecule has 17 nitrogen and oxygen atoms in total. The number of benzene rings is 1. The Bertz CT molecular complexity index is 2550. The second kappa shape index (κ2) is 19.6. The molecule has 3 saturated carbocycles. The Balaban J connectivity index is 1.10. The normalized spacial score (nSPS) is 26.8. The first-order chi connectivity index (χ1) is 33.0. The summed E-state index contributed by atoms with van der Waals surface area (Å²) in [6.07, 6.45) is 0.231. The van der Waals surface area contributed by atoms with Crippen LogP contribution in [0.1, 0.15) is 93.4 Å². The number of hydrogen-bond donors (Lipinski definition) is 3. The summed E-state index contributed by atoms with van der Waals surface area (Å²) >= 11 is 8.46. The SMILES string of the molecule is C=C(C)[C@H](NC(=O)O[C@@H]1C[C@@H]2C[C@@H]2C1)C(=O)N1C[C@H](Oc2cc(-c3csc(NC(C)C)n3)nc3c(Cl)c(OC[C@@H]4CC(F)(F)CN4C(=O)OC(C)(C)C)ccc23)C[C@H]1C(=O)N[C@]1(C(=O)OC)C[C@H]1CC. The minimum atomic E-state index is -3.17. The number of likely N-dealkylation sites (tertiary alicyclic amines) is 2. The number of aromatic nitrogens is 2. The summed E-state index contributed by atoms with van der Waals surface area (Å²) in [6.45, 7) is 15.1. The quantitative estimate of drug-likeness (QED) is 0.0707. The predicted molar refractivity (Wildman–Crippen MR) is 257 cm³/mol. The van der Waals surface area contributed by atoms with E-state index in [4.69, 9.17) is 45.3 Å². The molecule has 3 N–H and O–H groups in total. The Hall–Kier alpha value is -5.50. The average molecular weight is 1010 g/mol. The van der Waals surface area contributed by atoms with Crippen molar-refractivity contribution < 1.29 is 56.4 Å². The monoisotopic (exact) mass is 1010 g/mol. The molecular formula is C49H62ClF2N7O10S. The van der Waals surface area contributed by atoms with E-state index in [2.05, 4.69) is 22.5 Å². The number of alkyl carbamates (subject to hydrolysis) is 1. The molecule has 70 heavy (non-hydrogen) atoms. The van der Waals surface area contributed by atoms with Gasteiger partial charge >= 0.3 is 18.2 Å². The fourth-order valence-electron chi connectivity index (χ4n) is 9.96. The molecule has 0 unspecified atom stereocenters. The van der Waals surface area contributed by atoms with Gasteiger partial charge in [-0.15, -0.1) is 11.3 Å². The number of fused-ring (bicyclic) bond motifs is 2. The summed E-state index contributed by atoms with van der Waals surface area (Å²) in [6, 6.07) is 1.49. The zero-order valence-electron chi connectivity index (χ0n) is 40.7. The van der Waals surface area contributed by atoms with Gasteiger partial charge in [0.2, 0.25) is 11.8 Å². The molecule has 4 amide bonds. The number of ether oxygens (including phenoxy) is 5. The number of alkyl halides is 2. The summed E-state index contributed by atoms with van der Waals surface area (Å²) in [4.78, 5) is 80.5. The number of nitrogens with one attached hydrogen (secondary N) is 3. The van der Waals surface area contributed by atoms with Gasteiger partial charge in [-0.1, -0.05) is 31.5 Å². The third-order valence-electron chi connectivity index (χ3n) is 13.6. The lowest BCUT2D eigenvalue weighted by Crippen LogP contribution is -2.56. The van der Waals surface area contributed by atoms with Gasteiger partial charge in [0.25, 0.3) is 5.92 Å². The Morgan fingerprint density at radius 2 is 1.73 bits per heavy atom. The minimum Gasteiger partial charge on any atom is -0.490 e. The van der Waals surface area contributed by atoms with Crippen LogP contribution in [0.25, 0.3) is 22.3 Å². The maximum absolute atomic E-state index is 14.8. The number of hydrogen-bond acceptors (Lipinski definition) is 14. The molecule has 21 heteroatoms. The fraction of sp³-hybridized carbons (Fsp3) is 0.612. The molecule has 8 rings (SSSR count). The fourth-order valence-corrected chi connectivity index (χ4v) is 11.1. The maximum Gasteiger partial charge on any atom is 0.410 e. The highest BCUT2D eigenvalue weighted by Gasteiger charge is 2.62. The Kier molecular flexibility index (Phi) is 14.2. The summed E-state index contributed by atoms with van der Waals surface area (Å²) in [5.41, 5.74) is -0.824. The highest BCUT2D eigenvalue weighted by molar-refractivity contribution is 7.14. The van der Waals surface area contributed by atoms with Gasteiger partial charge in [-0.05, 0) is 103 Å². The van der Waals surface area contributed by atoms with Crippen LogP contribution in [0.4, 0.5) is 23.5 Å². The van der Waals surface area contributed by atoms with E-state index in [9.17, 15) is 32.8 Å². The summed E-state index contributed by atoms with van der Waals surface area (Å²) in [7, 11) is 1.26. The highest BCUT2D eigenvalue weighted by Crippen LogP contribution is 2.52. The number of nitrogens with zero attached hydrogens (tertiary/aromatic N) is 4. The van der Waals surface area contributed by atoms with Crippen molar-refractivity contribution in [3.8, 4) is 22.9 Å². The minimum absolute atomic E-state index is 0.0222. The van der Waals surface area contributed by atoms with Crippen LogP contribution >= 0.6 is 22.9 Å². The van der Waals surface area contributed by atoms with E-state index in [1.165, 1.54) is 23.3 Å². The Labute approximate surface area is 414 Å². The van der Waals surface area contributed by atoms with Crippen LogP contribution in [0.15, 0.2) is 35.7 Å². The number of rotatable bonds is 16. The zero-order valence-corrected chi connectivity index (χ0v) is 42.3. The summed E-state index contributed by atoms with van der Waals surface area (Å²) < 4.78 is 58.7.